The Hall–Kier alpha value is -3.31. The Balaban J connectivity index is 2.12. The second kappa shape index (κ2) is 6.78. The van der Waals surface area contributed by atoms with Crippen LogP contribution in [0.5, 0.6) is 0 Å². The van der Waals surface area contributed by atoms with Crippen molar-refractivity contribution in [3.63, 3.8) is 0 Å². The highest BCUT2D eigenvalue weighted by molar-refractivity contribution is 5.96. The molecule has 0 saturated heterocycles. The van der Waals surface area contributed by atoms with Crippen molar-refractivity contribution in [2.24, 2.45) is 5.73 Å². The fourth-order valence-corrected chi connectivity index (χ4v) is 3.36. The monoisotopic (exact) mass is 359 g/mol. The molecule has 5 heteroatoms. The van der Waals surface area contributed by atoms with Gasteiger partial charge in [0.25, 0.3) is 5.56 Å². The molecule has 1 atom stereocenters. The van der Waals surface area contributed by atoms with Crippen molar-refractivity contribution in [3.8, 4) is 16.8 Å². The number of fused-ring (bicyclic) bond motifs is 1. The van der Waals surface area contributed by atoms with Crippen LogP contribution in [0.25, 0.3) is 27.6 Å². The predicted octanol–water partition coefficient (Wildman–Crippen LogP) is 4.21. The lowest BCUT2D eigenvalue weighted by Gasteiger charge is -2.18. The molecule has 0 spiro atoms. The summed E-state index contributed by atoms with van der Waals surface area (Å²) in [4.78, 5) is 17.4. The first-order valence-electron chi connectivity index (χ1n) is 8.67. The average molecular weight is 359 g/mol. The molecule has 0 fully saturated rings. The Labute approximate surface area is 155 Å². The lowest BCUT2D eigenvalue weighted by atomic mass is 9.99. The summed E-state index contributed by atoms with van der Waals surface area (Å²) in [6, 6.07) is 17.9. The maximum atomic E-state index is 13.7. The third-order valence-electron chi connectivity index (χ3n) is 4.57. The fourth-order valence-electron chi connectivity index (χ4n) is 3.36. The molecule has 0 radical (unpaired) electrons. The zero-order valence-electron chi connectivity index (χ0n) is 14.8. The molecule has 0 bridgehead atoms. The van der Waals surface area contributed by atoms with E-state index in [1.165, 1.54) is 6.07 Å². The van der Waals surface area contributed by atoms with Gasteiger partial charge in [-0.3, -0.25) is 14.3 Å². The summed E-state index contributed by atoms with van der Waals surface area (Å²) in [6.45, 7) is 1.85. The second-order valence-corrected chi connectivity index (χ2v) is 6.50. The molecule has 0 amide bonds. The van der Waals surface area contributed by atoms with Crippen molar-refractivity contribution in [2.45, 2.75) is 13.0 Å². The van der Waals surface area contributed by atoms with E-state index in [9.17, 15) is 9.18 Å². The van der Waals surface area contributed by atoms with Gasteiger partial charge in [-0.1, -0.05) is 36.4 Å². The molecule has 2 aromatic carbocycles. The Kier molecular flexibility index (Phi) is 4.30. The van der Waals surface area contributed by atoms with Gasteiger partial charge < -0.3 is 5.73 Å². The highest BCUT2D eigenvalue weighted by atomic mass is 19.1. The van der Waals surface area contributed by atoms with Gasteiger partial charge in [-0.25, -0.2) is 4.39 Å². The van der Waals surface area contributed by atoms with Gasteiger partial charge in [0.1, 0.15) is 5.82 Å². The summed E-state index contributed by atoms with van der Waals surface area (Å²) in [7, 11) is 0. The summed E-state index contributed by atoms with van der Waals surface area (Å²) in [6.07, 6.45) is 2.70. The van der Waals surface area contributed by atoms with Gasteiger partial charge >= 0.3 is 0 Å². The van der Waals surface area contributed by atoms with Crippen LogP contribution in [-0.2, 0) is 0 Å². The topological polar surface area (TPSA) is 60.9 Å². The van der Waals surface area contributed by atoms with E-state index in [4.69, 9.17) is 5.73 Å². The number of aromatic nitrogens is 2. The molecule has 134 valence electrons. The van der Waals surface area contributed by atoms with E-state index < -0.39 is 5.82 Å². The van der Waals surface area contributed by atoms with Crippen molar-refractivity contribution >= 4 is 10.8 Å². The molecule has 2 heterocycles. The van der Waals surface area contributed by atoms with Gasteiger partial charge in [-0.05, 0) is 42.1 Å². The number of nitrogens with zero attached hydrogens (tertiary/aromatic N) is 2. The third kappa shape index (κ3) is 3.02. The minimum absolute atomic E-state index is 0.189. The van der Waals surface area contributed by atoms with E-state index >= 15 is 0 Å². The predicted molar refractivity (Wildman–Crippen MR) is 105 cm³/mol. The molecule has 0 aliphatic heterocycles. The maximum absolute atomic E-state index is 13.7. The zero-order chi connectivity index (χ0) is 19.0. The number of hydrogen-bond acceptors (Lipinski definition) is 3. The normalized spacial score (nSPS) is 12.3. The van der Waals surface area contributed by atoms with E-state index in [-0.39, 0.29) is 11.6 Å². The number of rotatable bonds is 3. The van der Waals surface area contributed by atoms with Gasteiger partial charge in [-0.15, -0.1) is 0 Å². The van der Waals surface area contributed by atoms with Crippen LogP contribution in [0.2, 0.25) is 0 Å². The number of benzene rings is 2. The fraction of sp³-hybridized carbons (Fsp3) is 0.0909. The molecular formula is C22H18FN3O. The summed E-state index contributed by atoms with van der Waals surface area (Å²) in [5.41, 5.74) is 8.63. The van der Waals surface area contributed by atoms with Gasteiger partial charge in [0.05, 0.1) is 11.6 Å². The lowest BCUT2D eigenvalue weighted by Crippen LogP contribution is -2.26. The van der Waals surface area contributed by atoms with Crippen LogP contribution in [0.3, 0.4) is 0 Å². The summed E-state index contributed by atoms with van der Waals surface area (Å²) in [5, 5.41) is 1.28. The average Bonchev–Trinajstić information content (AvgIpc) is 2.68. The van der Waals surface area contributed by atoms with E-state index in [2.05, 4.69) is 4.98 Å². The molecule has 2 aromatic heterocycles. The minimum atomic E-state index is -0.444. The molecule has 0 aliphatic carbocycles. The molecule has 0 aliphatic rings. The quantitative estimate of drug-likeness (QED) is 0.596. The molecule has 2 N–H and O–H groups in total. The number of nitrogens with two attached hydrogens (primary N) is 1. The standard InChI is InChI=1S/C22H18FN3O/c1-14(24)20-11-15-6-5-9-19(16-10-17(23)13-25-12-16)21(15)22(27)26(20)18-7-3-2-4-8-18/h2-14H,24H2,1H3/t14-/m0/s1. The molecule has 0 saturated carbocycles. The number of halogens is 1. The summed E-state index contributed by atoms with van der Waals surface area (Å²) in [5.74, 6) is -0.444. The molecule has 27 heavy (non-hydrogen) atoms. The largest absolute Gasteiger partial charge is 0.323 e. The number of para-hydroxylation sites is 1. The van der Waals surface area contributed by atoms with E-state index in [0.29, 0.717) is 22.2 Å². The Morgan fingerprint density at radius 2 is 1.81 bits per heavy atom. The van der Waals surface area contributed by atoms with Crippen LogP contribution < -0.4 is 11.3 Å². The second-order valence-electron chi connectivity index (χ2n) is 6.50. The van der Waals surface area contributed by atoms with Crippen molar-refractivity contribution in [1.82, 2.24) is 9.55 Å². The highest BCUT2D eigenvalue weighted by Crippen LogP contribution is 2.28. The Morgan fingerprint density at radius 3 is 2.52 bits per heavy atom. The highest BCUT2D eigenvalue weighted by Gasteiger charge is 2.17. The van der Waals surface area contributed by atoms with Crippen LogP contribution in [0, 0.1) is 5.82 Å². The maximum Gasteiger partial charge on any atom is 0.263 e. The Bertz CT molecular complexity index is 1180. The Morgan fingerprint density at radius 1 is 1.04 bits per heavy atom. The van der Waals surface area contributed by atoms with Crippen LogP contribution in [0.15, 0.2) is 77.9 Å². The van der Waals surface area contributed by atoms with Crippen molar-refractivity contribution in [3.05, 3.63) is 94.9 Å². The summed E-state index contributed by atoms with van der Waals surface area (Å²) >= 11 is 0. The van der Waals surface area contributed by atoms with Crippen molar-refractivity contribution in [2.75, 3.05) is 0 Å². The van der Waals surface area contributed by atoms with Gasteiger partial charge in [0.15, 0.2) is 0 Å². The third-order valence-corrected chi connectivity index (χ3v) is 4.57. The molecule has 4 aromatic rings. The number of pyridine rings is 2. The van der Waals surface area contributed by atoms with Crippen molar-refractivity contribution < 1.29 is 4.39 Å². The van der Waals surface area contributed by atoms with E-state index in [0.717, 1.165) is 17.3 Å². The zero-order valence-corrected chi connectivity index (χ0v) is 14.8. The van der Waals surface area contributed by atoms with Crippen LogP contribution in [0.4, 0.5) is 4.39 Å². The molecule has 4 nitrogen and oxygen atoms in total. The van der Waals surface area contributed by atoms with Crippen LogP contribution in [-0.4, -0.2) is 9.55 Å². The molecular weight excluding hydrogens is 341 g/mol. The first-order chi connectivity index (χ1) is 13.1. The van der Waals surface area contributed by atoms with Gasteiger partial charge in [0.2, 0.25) is 0 Å². The molecule has 4 rings (SSSR count). The van der Waals surface area contributed by atoms with E-state index in [1.807, 2.05) is 55.5 Å². The van der Waals surface area contributed by atoms with Crippen LogP contribution >= 0.6 is 0 Å². The summed E-state index contributed by atoms with van der Waals surface area (Å²) < 4.78 is 15.3. The van der Waals surface area contributed by atoms with E-state index in [1.54, 1.807) is 16.8 Å². The minimum Gasteiger partial charge on any atom is -0.323 e. The van der Waals surface area contributed by atoms with Crippen LogP contribution in [0.1, 0.15) is 18.7 Å². The lowest BCUT2D eigenvalue weighted by molar-refractivity contribution is 0.622. The first-order valence-corrected chi connectivity index (χ1v) is 8.67. The SMILES string of the molecule is C[C@H](N)c1cc2cccc(-c3cncc(F)c3)c2c(=O)n1-c1ccccc1. The van der Waals surface area contributed by atoms with Gasteiger partial charge in [0, 0.05) is 29.2 Å². The number of hydrogen-bond donors (Lipinski definition) is 1. The first kappa shape index (κ1) is 17.1. The molecule has 0 unspecified atom stereocenters. The van der Waals surface area contributed by atoms with Gasteiger partial charge in [-0.2, -0.15) is 0 Å². The smallest absolute Gasteiger partial charge is 0.263 e. The van der Waals surface area contributed by atoms with Crippen molar-refractivity contribution in [1.29, 1.82) is 0 Å².